The topological polar surface area (TPSA) is 83.3 Å². The number of carbonyl (C=O) groups is 1. The van der Waals surface area contributed by atoms with Crippen LogP contribution in [-0.4, -0.2) is 53.2 Å². The van der Waals surface area contributed by atoms with Gasteiger partial charge in [0.2, 0.25) is 17.6 Å². The van der Waals surface area contributed by atoms with Crippen molar-refractivity contribution in [1.82, 2.24) is 25.7 Å². The number of halogens is 1. The second-order valence-corrected chi connectivity index (χ2v) is 8.02. The molecule has 2 aromatic rings. The van der Waals surface area contributed by atoms with E-state index in [-0.39, 0.29) is 24.4 Å². The van der Waals surface area contributed by atoms with Gasteiger partial charge in [0.1, 0.15) is 0 Å². The number of likely N-dealkylation sites (tertiary alicyclic amines) is 1. The highest BCUT2D eigenvalue weighted by Gasteiger charge is 2.25. The summed E-state index contributed by atoms with van der Waals surface area (Å²) in [6.07, 6.45) is 4.31. The zero-order valence-corrected chi connectivity index (χ0v) is 17.7. The summed E-state index contributed by atoms with van der Waals surface area (Å²) in [6.45, 7) is 6.38. The predicted octanol–water partition coefficient (Wildman–Crippen LogP) is 2.55. The van der Waals surface area contributed by atoms with Crippen LogP contribution in [0.25, 0.3) is 11.4 Å². The number of aromatic nitrogens is 2. The van der Waals surface area contributed by atoms with Crippen LogP contribution in [0.5, 0.6) is 0 Å². The highest BCUT2D eigenvalue weighted by Crippen LogP contribution is 2.20. The monoisotopic (exact) mass is 419 g/mol. The van der Waals surface area contributed by atoms with Crippen LogP contribution in [0.2, 0.25) is 0 Å². The third-order valence-corrected chi connectivity index (χ3v) is 5.65. The average molecular weight is 420 g/mol. The number of hydrogen-bond acceptors (Lipinski definition) is 6. The molecule has 1 amide bonds. The number of amides is 1. The van der Waals surface area contributed by atoms with Crippen LogP contribution in [0.4, 0.5) is 0 Å². The van der Waals surface area contributed by atoms with E-state index in [4.69, 9.17) is 4.52 Å². The Hall–Kier alpha value is -1.96. The molecule has 2 aliphatic heterocycles. The number of nitrogens with one attached hydrogen (secondary N) is 2. The van der Waals surface area contributed by atoms with Gasteiger partial charge in [-0.1, -0.05) is 28.9 Å². The van der Waals surface area contributed by atoms with Crippen LogP contribution in [0, 0.1) is 12.8 Å². The standard InChI is InChI=1S/C21H29N5O2.ClH/c1-15-5-2-7-17(11-15)20-24-19(28-25-20)14-26-10-4-6-16(13-26)12-23-21(27)18-8-3-9-22-18;/h2,5,7,11,16,18,22H,3-4,6,8-10,12-14H2,1H3,(H,23,27);1H. The summed E-state index contributed by atoms with van der Waals surface area (Å²) in [4.78, 5) is 19.1. The van der Waals surface area contributed by atoms with Gasteiger partial charge in [-0.2, -0.15) is 4.98 Å². The number of piperidine rings is 1. The van der Waals surface area contributed by atoms with Gasteiger partial charge in [-0.15, -0.1) is 12.4 Å². The van der Waals surface area contributed by atoms with Crippen LogP contribution in [0.3, 0.4) is 0 Å². The van der Waals surface area contributed by atoms with Gasteiger partial charge in [0.25, 0.3) is 0 Å². The summed E-state index contributed by atoms with van der Waals surface area (Å²) < 4.78 is 5.48. The molecule has 8 heteroatoms. The molecule has 0 radical (unpaired) electrons. The molecule has 1 aromatic carbocycles. The molecular formula is C21H30ClN5O2. The van der Waals surface area contributed by atoms with E-state index in [1.165, 1.54) is 5.56 Å². The fourth-order valence-corrected chi connectivity index (χ4v) is 4.15. The summed E-state index contributed by atoms with van der Waals surface area (Å²) in [5.74, 6) is 1.91. The molecule has 2 N–H and O–H groups in total. The normalized spacial score (nSPS) is 22.2. The Balaban J connectivity index is 0.00000240. The minimum absolute atomic E-state index is 0. The van der Waals surface area contributed by atoms with E-state index < -0.39 is 0 Å². The van der Waals surface area contributed by atoms with E-state index in [1.807, 2.05) is 12.1 Å². The van der Waals surface area contributed by atoms with Gasteiger partial charge >= 0.3 is 0 Å². The fraction of sp³-hybridized carbons (Fsp3) is 0.571. The number of carbonyl (C=O) groups excluding carboxylic acids is 1. The summed E-state index contributed by atoms with van der Waals surface area (Å²) in [6, 6.07) is 8.12. The third kappa shape index (κ3) is 5.78. The molecule has 2 atom stereocenters. The maximum atomic E-state index is 12.2. The fourth-order valence-electron chi connectivity index (χ4n) is 4.15. The maximum Gasteiger partial charge on any atom is 0.241 e. The number of aryl methyl sites for hydroxylation is 1. The van der Waals surface area contributed by atoms with Gasteiger partial charge in [-0.25, -0.2) is 0 Å². The predicted molar refractivity (Wildman–Crippen MR) is 114 cm³/mol. The maximum absolute atomic E-state index is 12.2. The Bertz CT molecular complexity index is 806. The van der Waals surface area contributed by atoms with E-state index in [9.17, 15) is 4.79 Å². The van der Waals surface area contributed by atoms with Crippen molar-refractivity contribution < 1.29 is 9.32 Å². The van der Waals surface area contributed by atoms with Crippen LogP contribution < -0.4 is 10.6 Å². The van der Waals surface area contributed by atoms with Crippen molar-refractivity contribution >= 4 is 18.3 Å². The first-order valence-electron chi connectivity index (χ1n) is 10.3. The van der Waals surface area contributed by atoms with Crippen molar-refractivity contribution in [1.29, 1.82) is 0 Å². The van der Waals surface area contributed by atoms with Crippen molar-refractivity contribution in [3.63, 3.8) is 0 Å². The first-order chi connectivity index (χ1) is 13.7. The van der Waals surface area contributed by atoms with Crippen LogP contribution in [-0.2, 0) is 11.3 Å². The Morgan fingerprint density at radius 2 is 2.24 bits per heavy atom. The zero-order chi connectivity index (χ0) is 19.3. The van der Waals surface area contributed by atoms with Crippen molar-refractivity contribution in [2.24, 2.45) is 5.92 Å². The largest absolute Gasteiger partial charge is 0.354 e. The third-order valence-electron chi connectivity index (χ3n) is 5.65. The second kappa shape index (κ2) is 10.2. The van der Waals surface area contributed by atoms with Crippen LogP contribution in [0.15, 0.2) is 28.8 Å². The van der Waals surface area contributed by atoms with E-state index in [0.717, 1.165) is 57.4 Å². The average Bonchev–Trinajstić information content (AvgIpc) is 3.39. The molecule has 0 saturated carbocycles. The van der Waals surface area contributed by atoms with Crippen molar-refractivity contribution in [2.75, 3.05) is 26.2 Å². The molecule has 1 aromatic heterocycles. The molecule has 0 spiro atoms. The smallest absolute Gasteiger partial charge is 0.241 e. The highest BCUT2D eigenvalue weighted by molar-refractivity contribution is 5.85. The molecule has 158 valence electrons. The summed E-state index contributed by atoms with van der Waals surface area (Å²) >= 11 is 0. The molecule has 0 aliphatic carbocycles. The second-order valence-electron chi connectivity index (χ2n) is 8.02. The Kier molecular flexibility index (Phi) is 7.64. The van der Waals surface area contributed by atoms with Gasteiger partial charge in [0.05, 0.1) is 12.6 Å². The molecule has 4 rings (SSSR count). The molecule has 2 fully saturated rings. The molecule has 7 nitrogen and oxygen atoms in total. The zero-order valence-electron chi connectivity index (χ0n) is 16.9. The van der Waals surface area contributed by atoms with E-state index in [1.54, 1.807) is 0 Å². The van der Waals surface area contributed by atoms with E-state index >= 15 is 0 Å². The van der Waals surface area contributed by atoms with Crippen molar-refractivity contribution in [3.8, 4) is 11.4 Å². The molecule has 2 saturated heterocycles. The minimum Gasteiger partial charge on any atom is -0.354 e. The van der Waals surface area contributed by atoms with Crippen LogP contribution in [0.1, 0.15) is 37.1 Å². The summed E-state index contributed by atoms with van der Waals surface area (Å²) in [5, 5.41) is 10.5. The van der Waals surface area contributed by atoms with Gasteiger partial charge in [-0.05, 0) is 57.7 Å². The first kappa shape index (κ1) is 21.7. The summed E-state index contributed by atoms with van der Waals surface area (Å²) in [7, 11) is 0. The number of rotatable bonds is 6. The van der Waals surface area contributed by atoms with Crippen LogP contribution >= 0.6 is 12.4 Å². The quantitative estimate of drug-likeness (QED) is 0.748. The Morgan fingerprint density at radius 1 is 1.34 bits per heavy atom. The van der Waals surface area contributed by atoms with Gasteiger partial charge < -0.3 is 15.2 Å². The minimum atomic E-state index is -0.00173. The van der Waals surface area contributed by atoms with Gasteiger partial charge in [0, 0.05) is 18.7 Å². The van der Waals surface area contributed by atoms with Crippen molar-refractivity contribution in [3.05, 3.63) is 35.7 Å². The van der Waals surface area contributed by atoms with Crippen molar-refractivity contribution in [2.45, 2.75) is 45.2 Å². The molecule has 0 bridgehead atoms. The highest BCUT2D eigenvalue weighted by atomic mass is 35.5. The van der Waals surface area contributed by atoms with E-state index in [2.05, 4.69) is 44.7 Å². The Morgan fingerprint density at radius 3 is 3.03 bits per heavy atom. The number of hydrogen-bond donors (Lipinski definition) is 2. The first-order valence-corrected chi connectivity index (χ1v) is 10.3. The lowest BCUT2D eigenvalue weighted by Gasteiger charge is -2.32. The Labute approximate surface area is 178 Å². The lowest BCUT2D eigenvalue weighted by molar-refractivity contribution is -0.123. The SMILES string of the molecule is Cc1cccc(-c2noc(CN3CCCC(CNC(=O)C4CCCN4)C3)n2)c1.Cl. The molecule has 2 aliphatic rings. The lowest BCUT2D eigenvalue weighted by Crippen LogP contribution is -2.45. The molecular weight excluding hydrogens is 390 g/mol. The van der Waals surface area contributed by atoms with Gasteiger partial charge in [0.15, 0.2) is 0 Å². The van der Waals surface area contributed by atoms with Gasteiger partial charge in [-0.3, -0.25) is 9.69 Å². The van der Waals surface area contributed by atoms with E-state index in [0.29, 0.717) is 24.2 Å². The summed E-state index contributed by atoms with van der Waals surface area (Å²) in [5.41, 5.74) is 2.16. The number of nitrogens with zero attached hydrogens (tertiary/aromatic N) is 3. The lowest BCUT2D eigenvalue weighted by atomic mass is 9.98. The molecule has 29 heavy (non-hydrogen) atoms. The molecule has 2 unspecified atom stereocenters. The number of benzene rings is 1. The molecule has 3 heterocycles.